The number of furan rings is 1. The monoisotopic (exact) mass is 196 g/mol. The topological polar surface area (TPSA) is 39.4 Å². The minimum atomic E-state index is -0.0912. The number of ketones is 1. The maximum atomic E-state index is 11.3. The van der Waals surface area contributed by atoms with E-state index in [9.17, 15) is 4.79 Å². The van der Waals surface area contributed by atoms with E-state index >= 15 is 0 Å². The van der Waals surface area contributed by atoms with Gasteiger partial charge in [-0.25, -0.2) is 0 Å². The second kappa shape index (κ2) is 6.38. The van der Waals surface area contributed by atoms with Gasteiger partial charge in [-0.1, -0.05) is 19.8 Å². The summed E-state index contributed by atoms with van der Waals surface area (Å²) in [6, 6.07) is 3.35. The Hall–Kier alpha value is -1.09. The Morgan fingerprint density at radius 3 is 3.00 bits per heavy atom. The third-order valence-corrected chi connectivity index (χ3v) is 1.92. The Morgan fingerprint density at radius 2 is 2.36 bits per heavy atom. The summed E-state index contributed by atoms with van der Waals surface area (Å²) in [5.74, 6) is 0.284. The van der Waals surface area contributed by atoms with Crippen LogP contribution in [-0.4, -0.2) is 19.0 Å². The Kier molecular flexibility index (Phi) is 5.00. The number of rotatable bonds is 7. The van der Waals surface area contributed by atoms with Gasteiger partial charge in [-0.15, -0.1) is 0 Å². The molecule has 3 heteroatoms. The molecule has 0 unspecified atom stereocenters. The van der Waals surface area contributed by atoms with Crippen LogP contribution in [0.1, 0.15) is 36.7 Å². The van der Waals surface area contributed by atoms with Crippen LogP contribution in [0, 0.1) is 0 Å². The summed E-state index contributed by atoms with van der Waals surface area (Å²) in [5.41, 5.74) is 0. The van der Waals surface area contributed by atoms with E-state index in [4.69, 9.17) is 9.15 Å². The number of Topliss-reactive ketones (excluding diaryl/α,β-unsaturated/α-hetero) is 1. The van der Waals surface area contributed by atoms with Crippen molar-refractivity contribution in [2.45, 2.75) is 26.2 Å². The summed E-state index contributed by atoms with van der Waals surface area (Å²) >= 11 is 0. The molecule has 1 aromatic rings. The molecule has 3 nitrogen and oxygen atoms in total. The van der Waals surface area contributed by atoms with Gasteiger partial charge in [-0.3, -0.25) is 4.79 Å². The van der Waals surface area contributed by atoms with Gasteiger partial charge in [0.2, 0.25) is 5.78 Å². The molecule has 0 saturated heterocycles. The first-order chi connectivity index (χ1) is 6.84. The third-order valence-electron chi connectivity index (χ3n) is 1.92. The normalized spacial score (nSPS) is 10.4. The highest BCUT2D eigenvalue weighted by Crippen LogP contribution is 2.02. The molecule has 0 bridgehead atoms. The van der Waals surface area contributed by atoms with E-state index < -0.39 is 0 Å². The van der Waals surface area contributed by atoms with Crippen LogP contribution in [0.15, 0.2) is 22.8 Å². The van der Waals surface area contributed by atoms with Gasteiger partial charge < -0.3 is 9.15 Å². The van der Waals surface area contributed by atoms with E-state index in [0.717, 1.165) is 19.3 Å². The molecule has 1 rings (SSSR count). The molecule has 0 N–H and O–H groups in total. The zero-order valence-corrected chi connectivity index (χ0v) is 8.49. The van der Waals surface area contributed by atoms with Gasteiger partial charge in [0.05, 0.1) is 6.26 Å². The lowest BCUT2D eigenvalue weighted by Gasteiger charge is -2.00. The van der Waals surface area contributed by atoms with Crippen LogP contribution < -0.4 is 0 Å². The van der Waals surface area contributed by atoms with Crippen LogP contribution >= 0.6 is 0 Å². The van der Waals surface area contributed by atoms with Crippen LogP contribution in [-0.2, 0) is 4.74 Å². The maximum absolute atomic E-state index is 11.3. The van der Waals surface area contributed by atoms with Gasteiger partial charge in [0.15, 0.2) is 5.76 Å². The van der Waals surface area contributed by atoms with E-state index in [1.54, 1.807) is 12.1 Å². The van der Waals surface area contributed by atoms with E-state index in [1.807, 2.05) is 0 Å². The van der Waals surface area contributed by atoms with Crippen molar-refractivity contribution in [3.63, 3.8) is 0 Å². The number of hydrogen-bond donors (Lipinski definition) is 0. The first-order valence-electron chi connectivity index (χ1n) is 4.99. The molecule has 78 valence electrons. The van der Waals surface area contributed by atoms with Crippen molar-refractivity contribution in [3.8, 4) is 0 Å². The van der Waals surface area contributed by atoms with Gasteiger partial charge in [0, 0.05) is 6.61 Å². The fraction of sp³-hybridized carbons (Fsp3) is 0.545. The molecular weight excluding hydrogens is 180 g/mol. The second-order valence-corrected chi connectivity index (χ2v) is 3.16. The average molecular weight is 196 g/mol. The zero-order chi connectivity index (χ0) is 10.2. The van der Waals surface area contributed by atoms with Crippen molar-refractivity contribution in [2.75, 3.05) is 13.2 Å². The Balaban J connectivity index is 2.10. The fourth-order valence-corrected chi connectivity index (χ4v) is 1.13. The van der Waals surface area contributed by atoms with Crippen molar-refractivity contribution in [1.29, 1.82) is 0 Å². The summed E-state index contributed by atoms with van der Waals surface area (Å²) in [5, 5.41) is 0. The third kappa shape index (κ3) is 3.75. The van der Waals surface area contributed by atoms with Crippen LogP contribution in [0.3, 0.4) is 0 Å². The fourth-order valence-electron chi connectivity index (χ4n) is 1.13. The van der Waals surface area contributed by atoms with Crippen molar-refractivity contribution < 1.29 is 13.9 Å². The zero-order valence-electron chi connectivity index (χ0n) is 8.49. The highest BCUT2D eigenvalue weighted by molar-refractivity contribution is 5.94. The van der Waals surface area contributed by atoms with Gasteiger partial charge >= 0.3 is 0 Å². The summed E-state index contributed by atoms with van der Waals surface area (Å²) in [7, 11) is 0. The number of ether oxygens (including phenoxy) is 1. The van der Waals surface area contributed by atoms with Crippen LogP contribution in [0.5, 0.6) is 0 Å². The Bertz CT molecular complexity index is 252. The van der Waals surface area contributed by atoms with Gasteiger partial charge in [-0.05, 0) is 18.6 Å². The van der Waals surface area contributed by atoms with Crippen molar-refractivity contribution in [3.05, 3.63) is 24.2 Å². The quantitative estimate of drug-likeness (QED) is 0.497. The molecule has 0 radical (unpaired) electrons. The molecule has 14 heavy (non-hydrogen) atoms. The Morgan fingerprint density at radius 1 is 1.50 bits per heavy atom. The minimum absolute atomic E-state index is 0.0912. The predicted molar refractivity (Wildman–Crippen MR) is 53.4 cm³/mol. The van der Waals surface area contributed by atoms with E-state index in [2.05, 4.69) is 6.92 Å². The molecule has 1 heterocycles. The van der Waals surface area contributed by atoms with Crippen molar-refractivity contribution in [1.82, 2.24) is 0 Å². The minimum Gasteiger partial charge on any atom is -0.461 e. The lowest BCUT2D eigenvalue weighted by atomic mass is 10.3. The van der Waals surface area contributed by atoms with Crippen molar-refractivity contribution in [2.24, 2.45) is 0 Å². The molecule has 0 aromatic carbocycles. The first-order valence-corrected chi connectivity index (χ1v) is 4.99. The standard InChI is InChI=1S/C11H16O3/c1-2-3-4-7-13-9-10(12)11-6-5-8-14-11/h5-6,8H,2-4,7,9H2,1H3. The summed E-state index contributed by atoms with van der Waals surface area (Å²) in [6.07, 6.45) is 4.82. The molecule has 0 fully saturated rings. The smallest absolute Gasteiger partial charge is 0.223 e. The molecule has 0 aliphatic rings. The number of unbranched alkanes of at least 4 members (excludes halogenated alkanes) is 2. The number of carbonyl (C=O) groups excluding carboxylic acids is 1. The molecule has 0 saturated carbocycles. The molecule has 0 amide bonds. The van der Waals surface area contributed by atoms with Crippen molar-refractivity contribution >= 4 is 5.78 Å². The molecule has 0 atom stereocenters. The molecule has 0 aliphatic heterocycles. The van der Waals surface area contributed by atoms with E-state index in [1.165, 1.54) is 6.26 Å². The van der Waals surface area contributed by atoms with Crippen LogP contribution in [0.2, 0.25) is 0 Å². The van der Waals surface area contributed by atoms with Crippen LogP contribution in [0.25, 0.3) is 0 Å². The first kappa shape index (κ1) is 11.0. The summed E-state index contributed by atoms with van der Waals surface area (Å²) in [6.45, 7) is 2.91. The van der Waals surface area contributed by atoms with Gasteiger partial charge in [0.1, 0.15) is 6.61 Å². The largest absolute Gasteiger partial charge is 0.461 e. The summed E-state index contributed by atoms with van der Waals surface area (Å²) < 4.78 is 10.2. The van der Waals surface area contributed by atoms with Crippen LogP contribution in [0.4, 0.5) is 0 Å². The Labute approximate surface area is 84.1 Å². The van der Waals surface area contributed by atoms with Gasteiger partial charge in [0.25, 0.3) is 0 Å². The lowest BCUT2D eigenvalue weighted by Crippen LogP contribution is -2.08. The lowest BCUT2D eigenvalue weighted by molar-refractivity contribution is 0.0726. The molecule has 0 aliphatic carbocycles. The molecule has 0 spiro atoms. The number of carbonyl (C=O) groups is 1. The summed E-state index contributed by atoms with van der Waals surface area (Å²) in [4.78, 5) is 11.3. The predicted octanol–water partition coefficient (Wildman–Crippen LogP) is 2.67. The highest BCUT2D eigenvalue weighted by atomic mass is 16.5. The molecular formula is C11H16O3. The highest BCUT2D eigenvalue weighted by Gasteiger charge is 2.07. The van der Waals surface area contributed by atoms with Gasteiger partial charge in [-0.2, -0.15) is 0 Å². The van der Waals surface area contributed by atoms with E-state index in [0.29, 0.717) is 12.4 Å². The molecule has 1 aromatic heterocycles. The average Bonchev–Trinajstić information content (AvgIpc) is 2.70. The number of hydrogen-bond acceptors (Lipinski definition) is 3. The maximum Gasteiger partial charge on any atom is 0.223 e. The van der Waals surface area contributed by atoms with E-state index in [-0.39, 0.29) is 12.4 Å². The SMILES string of the molecule is CCCCCOCC(=O)c1ccco1. The second-order valence-electron chi connectivity index (χ2n) is 3.16.